The van der Waals surface area contributed by atoms with Crippen molar-refractivity contribution in [1.82, 2.24) is 4.90 Å². The molecule has 1 aliphatic heterocycles. The molecule has 0 aromatic heterocycles. The maximum atomic E-state index is 5.93. The molecule has 0 aromatic rings. The lowest BCUT2D eigenvalue weighted by molar-refractivity contribution is 0.129. The van der Waals surface area contributed by atoms with Crippen molar-refractivity contribution in [1.29, 1.82) is 0 Å². The van der Waals surface area contributed by atoms with E-state index < -0.39 is 0 Å². The minimum absolute atomic E-state index is 0.155. The molecule has 1 saturated carbocycles. The quantitative estimate of drug-likeness (QED) is 0.439. The Morgan fingerprint density at radius 3 is 2.94 bits per heavy atom. The predicted molar refractivity (Wildman–Crippen MR) is 65.3 cm³/mol. The van der Waals surface area contributed by atoms with Gasteiger partial charge in [0.2, 0.25) is 0 Å². The van der Waals surface area contributed by atoms with E-state index in [1.165, 1.54) is 12.8 Å². The molecule has 1 saturated heterocycles. The molecule has 2 N–H and O–H groups in total. The standard InChI is InChI=1S/C12H21N3O/c1-3-11-9(6-7-16-11)8-14-12(13)15(2)10-4-5-10/h3,9-11H,1,4-8H2,2H3,(H2,13,14)/t9-,11-/m0/s1. The van der Waals surface area contributed by atoms with Gasteiger partial charge in [-0.1, -0.05) is 6.08 Å². The summed E-state index contributed by atoms with van der Waals surface area (Å²) in [6, 6.07) is 0.624. The molecule has 2 aliphatic rings. The van der Waals surface area contributed by atoms with Crippen LogP contribution in [0.5, 0.6) is 0 Å². The smallest absolute Gasteiger partial charge is 0.191 e. The van der Waals surface area contributed by atoms with Crippen LogP contribution in [0.25, 0.3) is 0 Å². The van der Waals surface area contributed by atoms with Crippen molar-refractivity contribution < 1.29 is 4.74 Å². The van der Waals surface area contributed by atoms with Gasteiger partial charge in [0, 0.05) is 32.2 Å². The monoisotopic (exact) mass is 223 g/mol. The largest absolute Gasteiger partial charge is 0.374 e. The van der Waals surface area contributed by atoms with Gasteiger partial charge in [0.1, 0.15) is 0 Å². The topological polar surface area (TPSA) is 50.9 Å². The molecule has 0 spiro atoms. The summed E-state index contributed by atoms with van der Waals surface area (Å²) in [7, 11) is 2.02. The van der Waals surface area contributed by atoms with E-state index in [2.05, 4.69) is 16.5 Å². The normalized spacial score (nSPS) is 30.4. The number of aliphatic imine (C=N–C) groups is 1. The van der Waals surface area contributed by atoms with E-state index in [4.69, 9.17) is 10.5 Å². The minimum atomic E-state index is 0.155. The van der Waals surface area contributed by atoms with Crippen LogP contribution in [-0.4, -0.2) is 43.2 Å². The van der Waals surface area contributed by atoms with Crippen LogP contribution in [-0.2, 0) is 4.74 Å². The van der Waals surface area contributed by atoms with Gasteiger partial charge in [-0.3, -0.25) is 4.99 Å². The van der Waals surface area contributed by atoms with Crippen molar-refractivity contribution in [2.45, 2.75) is 31.4 Å². The van der Waals surface area contributed by atoms with Crippen LogP contribution in [0.2, 0.25) is 0 Å². The Kier molecular flexibility index (Phi) is 3.49. The highest BCUT2D eigenvalue weighted by atomic mass is 16.5. The molecule has 2 fully saturated rings. The number of ether oxygens (including phenoxy) is 1. The van der Waals surface area contributed by atoms with Crippen LogP contribution < -0.4 is 5.73 Å². The second-order valence-corrected chi connectivity index (χ2v) is 4.66. The molecule has 2 atom stereocenters. The van der Waals surface area contributed by atoms with Gasteiger partial charge in [0.15, 0.2) is 5.96 Å². The van der Waals surface area contributed by atoms with Crippen LogP contribution in [0.3, 0.4) is 0 Å². The zero-order valence-corrected chi connectivity index (χ0v) is 9.93. The van der Waals surface area contributed by atoms with Crippen LogP contribution in [0.4, 0.5) is 0 Å². The summed E-state index contributed by atoms with van der Waals surface area (Å²) in [5.41, 5.74) is 5.93. The molecular weight excluding hydrogens is 202 g/mol. The number of hydrogen-bond donors (Lipinski definition) is 1. The third-order valence-corrected chi connectivity index (χ3v) is 3.44. The summed E-state index contributed by atoms with van der Waals surface area (Å²) in [5.74, 6) is 1.11. The average molecular weight is 223 g/mol. The molecule has 0 radical (unpaired) electrons. The number of rotatable bonds is 4. The highest BCUT2D eigenvalue weighted by Crippen LogP contribution is 2.25. The lowest BCUT2D eigenvalue weighted by Gasteiger charge is -2.18. The highest BCUT2D eigenvalue weighted by Gasteiger charge is 2.28. The molecule has 1 heterocycles. The predicted octanol–water partition coefficient (Wildman–Crippen LogP) is 0.986. The Labute approximate surface area is 97.2 Å². The van der Waals surface area contributed by atoms with E-state index in [9.17, 15) is 0 Å². The number of nitrogens with zero attached hydrogens (tertiary/aromatic N) is 2. The summed E-state index contributed by atoms with van der Waals surface area (Å²) < 4.78 is 5.53. The molecule has 0 bridgehead atoms. The van der Waals surface area contributed by atoms with Crippen molar-refractivity contribution in [2.75, 3.05) is 20.2 Å². The highest BCUT2D eigenvalue weighted by molar-refractivity contribution is 5.78. The number of guanidine groups is 1. The van der Waals surface area contributed by atoms with Crippen molar-refractivity contribution in [2.24, 2.45) is 16.6 Å². The molecule has 0 unspecified atom stereocenters. The molecule has 90 valence electrons. The van der Waals surface area contributed by atoms with Crippen LogP contribution in [0.15, 0.2) is 17.6 Å². The first-order valence-corrected chi connectivity index (χ1v) is 5.99. The van der Waals surface area contributed by atoms with Crippen molar-refractivity contribution in [3.8, 4) is 0 Å². The summed E-state index contributed by atoms with van der Waals surface area (Å²) in [6.07, 6.45) is 5.57. The Bertz CT molecular complexity index is 286. The molecule has 2 rings (SSSR count). The number of hydrogen-bond acceptors (Lipinski definition) is 2. The zero-order valence-electron chi connectivity index (χ0n) is 9.93. The van der Waals surface area contributed by atoms with Gasteiger partial charge in [0.05, 0.1) is 6.10 Å². The fraction of sp³-hybridized carbons (Fsp3) is 0.750. The Hall–Kier alpha value is -1.03. The Morgan fingerprint density at radius 2 is 2.31 bits per heavy atom. The fourth-order valence-corrected chi connectivity index (χ4v) is 2.08. The van der Waals surface area contributed by atoms with Gasteiger partial charge in [-0.05, 0) is 19.3 Å². The lowest BCUT2D eigenvalue weighted by Crippen LogP contribution is -2.36. The van der Waals surface area contributed by atoms with E-state index >= 15 is 0 Å². The molecule has 0 amide bonds. The van der Waals surface area contributed by atoms with Crippen molar-refractivity contribution >= 4 is 5.96 Å². The van der Waals surface area contributed by atoms with Crippen molar-refractivity contribution in [3.05, 3.63) is 12.7 Å². The summed E-state index contributed by atoms with van der Waals surface area (Å²) in [4.78, 5) is 6.54. The lowest BCUT2D eigenvalue weighted by atomic mass is 10.0. The molecule has 4 heteroatoms. The maximum absolute atomic E-state index is 5.93. The third-order valence-electron chi connectivity index (χ3n) is 3.44. The molecule has 16 heavy (non-hydrogen) atoms. The van der Waals surface area contributed by atoms with Crippen molar-refractivity contribution in [3.63, 3.8) is 0 Å². The minimum Gasteiger partial charge on any atom is -0.374 e. The van der Waals surface area contributed by atoms with E-state index in [0.717, 1.165) is 19.6 Å². The Balaban J connectivity index is 1.84. The summed E-state index contributed by atoms with van der Waals surface area (Å²) in [5, 5.41) is 0. The molecule has 0 aromatic carbocycles. The first kappa shape index (κ1) is 11.5. The second kappa shape index (κ2) is 4.87. The maximum Gasteiger partial charge on any atom is 0.191 e. The van der Waals surface area contributed by atoms with Gasteiger partial charge >= 0.3 is 0 Å². The third kappa shape index (κ3) is 2.55. The van der Waals surface area contributed by atoms with Crippen LogP contribution in [0, 0.1) is 5.92 Å². The van der Waals surface area contributed by atoms with Crippen LogP contribution in [0.1, 0.15) is 19.3 Å². The zero-order chi connectivity index (χ0) is 11.5. The van der Waals surface area contributed by atoms with Gasteiger partial charge < -0.3 is 15.4 Å². The molecule has 1 aliphatic carbocycles. The van der Waals surface area contributed by atoms with E-state index in [1.54, 1.807) is 0 Å². The average Bonchev–Trinajstić information content (AvgIpc) is 3.04. The Morgan fingerprint density at radius 1 is 1.56 bits per heavy atom. The van der Waals surface area contributed by atoms with Gasteiger partial charge in [-0.2, -0.15) is 0 Å². The molecular formula is C12H21N3O. The van der Waals surface area contributed by atoms with E-state index in [-0.39, 0.29) is 6.10 Å². The van der Waals surface area contributed by atoms with Gasteiger partial charge in [-0.25, -0.2) is 0 Å². The SMILES string of the molecule is C=C[C@@H]1OCC[C@H]1CN=C(N)N(C)C1CC1. The van der Waals surface area contributed by atoms with E-state index in [0.29, 0.717) is 17.9 Å². The van der Waals surface area contributed by atoms with E-state index in [1.807, 2.05) is 13.1 Å². The fourth-order valence-electron chi connectivity index (χ4n) is 2.08. The summed E-state index contributed by atoms with van der Waals surface area (Å²) in [6.45, 7) is 5.34. The van der Waals surface area contributed by atoms with Gasteiger partial charge in [0.25, 0.3) is 0 Å². The van der Waals surface area contributed by atoms with Crippen LogP contribution >= 0.6 is 0 Å². The number of nitrogens with two attached hydrogens (primary N) is 1. The second-order valence-electron chi connectivity index (χ2n) is 4.66. The molecule has 4 nitrogen and oxygen atoms in total. The van der Waals surface area contributed by atoms with Gasteiger partial charge in [-0.15, -0.1) is 6.58 Å². The first-order chi connectivity index (χ1) is 7.72. The summed E-state index contributed by atoms with van der Waals surface area (Å²) >= 11 is 0. The first-order valence-electron chi connectivity index (χ1n) is 5.99.